The number of aryl methyl sites for hydroxylation is 1. The molecular formula is C17H15ClN2O2. The van der Waals surface area contributed by atoms with Gasteiger partial charge in [0.1, 0.15) is 0 Å². The zero-order valence-electron chi connectivity index (χ0n) is 12.0. The molecule has 1 aromatic carbocycles. The van der Waals surface area contributed by atoms with E-state index in [9.17, 15) is 5.11 Å². The van der Waals surface area contributed by atoms with Gasteiger partial charge in [-0.05, 0) is 18.1 Å². The number of fused-ring (bicyclic) bond motifs is 2. The van der Waals surface area contributed by atoms with E-state index in [2.05, 4.69) is 4.98 Å². The number of aromatic nitrogens is 2. The van der Waals surface area contributed by atoms with E-state index in [4.69, 9.17) is 16.3 Å². The molecule has 5 heteroatoms. The number of ether oxygens (including phenoxy) is 1. The second kappa shape index (κ2) is 5.00. The molecule has 0 spiro atoms. The van der Waals surface area contributed by atoms with Crippen LogP contribution in [0.2, 0.25) is 5.02 Å². The third kappa shape index (κ3) is 2.16. The number of hydrogen-bond acceptors (Lipinski definition) is 3. The van der Waals surface area contributed by atoms with E-state index >= 15 is 0 Å². The number of benzene rings is 1. The van der Waals surface area contributed by atoms with Crippen molar-refractivity contribution in [1.82, 2.24) is 9.38 Å². The first-order chi connectivity index (χ1) is 10.6. The number of pyridine rings is 1. The molecular weight excluding hydrogens is 300 g/mol. The fourth-order valence-corrected chi connectivity index (χ4v) is 3.26. The molecule has 2 atom stereocenters. The minimum absolute atomic E-state index is 0.393. The molecule has 22 heavy (non-hydrogen) atoms. The molecule has 0 radical (unpaired) electrons. The molecule has 0 saturated heterocycles. The van der Waals surface area contributed by atoms with Crippen molar-refractivity contribution in [3.8, 4) is 5.75 Å². The molecule has 0 fully saturated rings. The first-order valence-electron chi connectivity index (χ1n) is 7.19. The van der Waals surface area contributed by atoms with Crippen LogP contribution < -0.4 is 4.74 Å². The lowest BCUT2D eigenvalue weighted by molar-refractivity contribution is 0.0502. The summed E-state index contributed by atoms with van der Waals surface area (Å²) in [7, 11) is 0. The van der Waals surface area contributed by atoms with Crippen LogP contribution in [-0.2, 0) is 6.42 Å². The van der Waals surface area contributed by atoms with Crippen LogP contribution in [0, 0.1) is 6.92 Å². The largest absolute Gasteiger partial charge is 0.479 e. The predicted octanol–water partition coefficient (Wildman–Crippen LogP) is 3.33. The van der Waals surface area contributed by atoms with Crippen LogP contribution in [0.15, 0.2) is 42.7 Å². The maximum atomic E-state index is 10.3. The van der Waals surface area contributed by atoms with Crippen LogP contribution in [0.25, 0.3) is 5.65 Å². The highest BCUT2D eigenvalue weighted by Crippen LogP contribution is 2.37. The van der Waals surface area contributed by atoms with E-state index in [0.29, 0.717) is 22.8 Å². The van der Waals surface area contributed by atoms with Crippen LogP contribution in [0.3, 0.4) is 0 Å². The van der Waals surface area contributed by atoms with E-state index in [1.165, 1.54) is 0 Å². The highest BCUT2D eigenvalue weighted by Gasteiger charge is 2.33. The molecule has 2 aromatic heterocycles. The average Bonchev–Trinajstić information content (AvgIpc) is 2.99. The number of nitrogens with zero attached hydrogens (tertiary/aromatic N) is 2. The maximum Gasteiger partial charge on any atom is 0.180 e. The fraction of sp³-hybridized carbons (Fsp3) is 0.235. The van der Waals surface area contributed by atoms with Gasteiger partial charge in [-0.3, -0.25) is 0 Å². The maximum absolute atomic E-state index is 10.3. The second-order valence-electron chi connectivity index (χ2n) is 5.64. The minimum Gasteiger partial charge on any atom is -0.479 e. The molecule has 0 bridgehead atoms. The van der Waals surface area contributed by atoms with E-state index < -0.39 is 12.2 Å². The van der Waals surface area contributed by atoms with E-state index in [1.807, 2.05) is 41.8 Å². The molecule has 112 valence electrons. The Labute approximate surface area is 132 Å². The highest BCUT2D eigenvalue weighted by molar-refractivity contribution is 6.30. The SMILES string of the molecule is Cc1cn2cc(Cl)cc(O[C@@H]3c4ccccc4C[C@H]3O)c2n1. The molecule has 0 saturated carbocycles. The first kappa shape index (κ1) is 13.6. The minimum atomic E-state index is -0.563. The number of hydrogen-bond donors (Lipinski definition) is 1. The van der Waals surface area contributed by atoms with Gasteiger partial charge in [-0.15, -0.1) is 0 Å². The van der Waals surface area contributed by atoms with E-state index in [1.54, 1.807) is 12.3 Å². The summed E-state index contributed by atoms with van der Waals surface area (Å²) in [5.74, 6) is 0.585. The van der Waals surface area contributed by atoms with Crippen molar-refractivity contribution in [3.05, 3.63) is 64.6 Å². The molecule has 0 amide bonds. The summed E-state index contributed by atoms with van der Waals surface area (Å²) in [6.45, 7) is 1.92. The van der Waals surface area contributed by atoms with E-state index in [-0.39, 0.29) is 0 Å². The molecule has 1 aliphatic rings. The number of halogens is 1. The second-order valence-corrected chi connectivity index (χ2v) is 6.08. The van der Waals surface area contributed by atoms with Crippen molar-refractivity contribution in [3.63, 3.8) is 0 Å². The van der Waals surface area contributed by atoms with Gasteiger partial charge in [0, 0.05) is 24.9 Å². The summed E-state index contributed by atoms with van der Waals surface area (Å²) in [4.78, 5) is 4.47. The summed E-state index contributed by atoms with van der Waals surface area (Å²) in [5, 5.41) is 10.9. The van der Waals surface area contributed by atoms with Crippen LogP contribution in [0.1, 0.15) is 22.9 Å². The van der Waals surface area contributed by atoms with Crippen LogP contribution >= 0.6 is 11.6 Å². The fourth-order valence-electron chi connectivity index (χ4n) is 3.06. The average molecular weight is 315 g/mol. The van der Waals surface area contributed by atoms with Crippen molar-refractivity contribution >= 4 is 17.2 Å². The Morgan fingerprint density at radius 1 is 1.32 bits per heavy atom. The van der Waals surface area contributed by atoms with Gasteiger partial charge in [-0.1, -0.05) is 35.9 Å². The van der Waals surface area contributed by atoms with Gasteiger partial charge in [0.2, 0.25) is 0 Å². The smallest absolute Gasteiger partial charge is 0.180 e. The standard InChI is InChI=1S/C17H15ClN2O2/c1-10-8-20-9-12(18)7-15(17(20)19-10)22-16-13-5-3-2-4-11(13)6-14(16)21/h2-5,7-9,14,16,21H,6H2,1H3/t14-,16-/m1/s1. The Kier molecular flexibility index (Phi) is 3.10. The zero-order valence-corrected chi connectivity index (χ0v) is 12.8. The van der Waals surface area contributed by atoms with E-state index in [0.717, 1.165) is 16.8 Å². The van der Waals surface area contributed by atoms with Gasteiger partial charge < -0.3 is 14.2 Å². The molecule has 1 aliphatic carbocycles. The number of aliphatic hydroxyl groups excluding tert-OH is 1. The lowest BCUT2D eigenvalue weighted by atomic mass is 10.1. The first-order valence-corrected chi connectivity index (χ1v) is 7.57. The summed E-state index contributed by atoms with van der Waals surface area (Å²) in [6, 6.07) is 9.70. The highest BCUT2D eigenvalue weighted by atomic mass is 35.5. The molecule has 1 N–H and O–H groups in total. The van der Waals surface area contributed by atoms with Crippen LogP contribution in [0.4, 0.5) is 0 Å². The Balaban J connectivity index is 1.78. The third-order valence-electron chi connectivity index (χ3n) is 4.00. The summed E-state index contributed by atoms with van der Waals surface area (Å²) >= 11 is 6.16. The van der Waals surface area contributed by atoms with Gasteiger partial charge >= 0.3 is 0 Å². The quantitative estimate of drug-likeness (QED) is 0.789. The molecule has 4 rings (SSSR count). The third-order valence-corrected chi connectivity index (χ3v) is 4.21. The van der Waals surface area contributed by atoms with Gasteiger partial charge in [-0.2, -0.15) is 0 Å². The number of imidazole rings is 1. The topological polar surface area (TPSA) is 46.8 Å². The molecule has 3 aromatic rings. The number of aliphatic hydroxyl groups is 1. The monoisotopic (exact) mass is 314 g/mol. The Morgan fingerprint density at radius 2 is 2.14 bits per heavy atom. The summed E-state index contributed by atoms with van der Waals surface area (Å²) in [5.41, 5.74) is 3.74. The zero-order chi connectivity index (χ0) is 15.3. The predicted molar refractivity (Wildman–Crippen MR) is 84.5 cm³/mol. The molecule has 0 aliphatic heterocycles. The Bertz CT molecular complexity index is 859. The normalized spacial score (nSPS) is 20.3. The van der Waals surface area contributed by atoms with Crippen LogP contribution in [-0.4, -0.2) is 20.6 Å². The summed E-state index contributed by atoms with van der Waals surface area (Å²) in [6.07, 6.45) is 3.34. The lowest BCUT2D eigenvalue weighted by Crippen LogP contribution is -2.19. The van der Waals surface area contributed by atoms with Crippen molar-refractivity contribution in [1.29, 1.82) is 0 Å². The van der Waals surface area contributed by atoms with Gasteiger partial charge in [0.05, 0.1) is 16.8 Å². The Hall–Kier alpha value is -2.04. The molecule has 4 nitrogen and oxygen atoms in total. The lowest BCUT2D eigenvalue weighted by Gasteiger charge is -2.19. The van der Waals surface area contributed by atoms with Gasteiger partial charge in [-0.25, -0.2) is 4.98 Å². The summed E-state index contributed by atoms with van der Waals surface area (Å²) < 4.78 is 7.95. The van der Waals surface area contributed by atoms with Crippen molar-refractivity contribution < 1.29 is 9.84 Å². The van der Waals surface area contributed by atoms with Gasteiger partial charge in [0.25, 0.3) is 0 Å². The molecule has 0 unspecified atom stereocenters. The Morgan fingerprint density at radius 3 is 3.00 bits per heavy atom. The van der Waals surface area contributed by atoms with Crippen LogP contribution in [0.5, 0.6) is 5.75 Å². The van der Waals surface area contributed by atoms with Crippen molar-refractivity contribution in [2.75, 3.05) is 0 Å². The van der Waals surface area contributed by atoms with Crippen molar-refractivity contribution in [2.45, 2.75) is 25.6 Å². The molecule has 2 heterocycles. The van der Waals surface area contributed by atoms with Gasteiger partial charge in [0.15, 0.2) is 17.5 Å². The van der Waals surface area contributed by atoms with Crippen molar-refractivity contribution in [2.24, 2.45) is 0 Å². The number of rotatable bonds is 2.